The van der Waals surface area contributed by atoms with E-state index in [0.29, 0.717) is 17.3 Å². The molecule has 1 N–H and O–H groups in total. The van der Waals surface area contributed by atoms with Gasteiger partial charge in [-0.25, -0.2) is 9.78 Å². The minimum Gasteiger partial charge on any atom is -0.496 e. The highest BCUT2D eigenvalue weighted by molar-refractivity contribution is 5.97. The molecule has 0 radical (unpaired) electrons. The topological polar surface area (TPSA) is 73.4 Å². The Morgan fingerprint density at radius 1 is 1.24 bits per heavy atom. The van der Waals surface area contributed by atoms with Crippen LogP contribution in [-0.4, -0.2) is 37.3 Å². The van der Waals surface area contributed by atoms with Crippen molar-refractivity contribution < 1.29 is 19.0 Å². The van der Waals surface area contributed by atoms with Crippen LogP contribution in [0.4, 0.5) is 0 Å². The van der Waals surface area contributed by atoms with Crippen molar-refractivity contribution in [2.75, 3.05) is 21.3 Å². The summed E-state index contributed by atoms with van der Waals surface area (Å²) in [4.78, 5) is 19.2. The van der Waals surface area contributed by atoms with E-state index in [2.05, 4.69) is 9.97 Å². The van der Waals surface area contributed by atoms with Crippen LogP contribution < -0.4 is 9.47 Å². The SMILES string of the molecule is COC(=O)c1c(OC)cc(OC)nc1C=Cc1ccc[nH]1. The van der Waals surface area contributed by atoms with Crippen LogP contribution in [0.2, 0.25) is 0 Å². The molecule has 6 nitrogen and oxygen atoms in total. The summed E-state index contributed by atoms with van der Waals surface area (Å²) < 4.78 is 15.1. The van der Waals surface area contributed by atoms with Gasteiger partial charge in [-0.05, 0) is 24.3 Å². The normalized spacial score (nSPS) is 10.6. The molecule has 2 aromatic heterocycles. The second-order valence-corrected chi connectivity index (χ2v) is 4.08. The van der Waals surface area contributed by atoms with Crippen LogP contribution in [0, 0.1) is 0 Å². The lowest BCUT2D eigenvalue weighted by Gasteiger charge is -2.11. The molecule has 21 heavy (non-hydrogen) atoms. The van der Waals surface area contributed by atoms with Crippen LogP contribution in [0.15, 0.2) is 24.4 Å². The summed E-state index contributed by atoms with van der Waals surface area (Å²) in [5.41, 5.74) is 1.55. The fourth-order valence-electron chi connectivity index (χ4n) is 1.83. The summed E-state index contributed by atoms with van der Waals surface area (Å²) in [6.45, 7) is 0. The molecule has 0 saturated carbocycles. The van der Waals surface area contributed by atoms with Crippen molar-refractivity contribution in [1.29, 1.82) is 0 Å². The summed E-state index contributed by atoms with van der Waals surface area (Å²) in [7, 11) is 4.28. The smallest absolute Gasteiger partial charge is 0.343 e. The molecule has 0 aliphatic heterocycles. The van der Waals surface area contributed by atoms with Gasteiger partial charge in [-0.1, -0.05) is 0 Å². The Kier molecular flexibility index (Phi) is 4.61. The molecule has 0 bridgehead atoms. The summed E-state index contributed by atoms with van der Waals surface area (Å²) in [6.07, 6.45) is 5.30. The van der Waals surface area contributed by atoms with Crippen molar-refractivity contribution in [1.82, 2.24) is 9.97 Å². The van der Waals surface area contributed by atoms with Crippen molar-refractivity contribution in [2.24, 2.45) is 0 Å². The van der Waals surface area contributed by atoms with Crippen LogP contribution in [-0.2, 0) is 4.74 Å². The quantitative estimate of drug-likeness (QED) is 0.855. The number of nitrogens with zero attached hydrogens (tertiary/aromatic N) is 1. The molecule has 0 fully saturated rings. The van der Waals surface area contributed by atoms with Crippen LogP contribution in [0.25, 0.3) is 12.2 Å². The Balaban J connectivity index is 2.52. The fourth-order valence-corrected chi connectivity index (χ4v) is 1.83. The van der Waals surface area contributed by atoms with E-state index in [1.54, 1.807) is 18.3 Å². The number of carbonyl (C=O) groups is 1. The largest absolute Gasteiger partial charge is 0.496 e. The van der Waals surface area contributed by atoms with Gasteiger partial charge in [-0.15, -0.1) is 0 Å². The first-order valence-electron chi connectivity index (χ1n) is 6.22. The number of methoxy groups -OCH3 is 3. The molecular weight excluding hydrogens is 272 g/mol. The summed E-state index contributed by atoms with van der Waals surface area (Å²) >= 11 is 0. The summed E-state index contributed by atoms with van der Waals surface area (Å²) in [5.74, 6) is 0.179. The zero-order valence-electron chi connectivity index (χ0n) is 12.0. The van der Waals surface area contributed by atoms with Crippen molar-refractivity contribution >= 4 is 18.1 Å². The minimum atomic E-state index is -0.520. The first kappa shape index (κ1) is 14.6. The maximum Gasteiger partial charge on any atom is 0.343 e. The average molecular weight is 288 g/mol. The standard InChI is InChI=1S/C15H16N2O4/c1-19-12-9-13(20-2)17-11(14(12)15(18)21-3)7-6-10-5-4-8-16-10/h4-9,16H,1-3H3. The van der Waals surface area contributed by atoms with Crippen molar-refractivity contribution in [2.45, 2.75) is 0 Å². The lowest BCUT2D eigenvalue weighted by atomic mass is 10.1. The van der Waals surface area contributed by atoms with Crippen LogP contribution in [0.1, 0.15) is 21.7 Å². The number of rotatable bonds is 5. The van der Waals surface area contributed by atoms with Gasteiger partial charge in [0.1, 0.15) is 11.3 Å². The van der Waals surface area contributed by atoms with Gasteiger partial charge in [0.2, 0.25) is 5.88 Å². The molecule has 0 aliphatic rings. The van der Waals surface area contributed by atoms with Gasteiger partial charge in [0.05, 0.1) is 27.0 Å². The van der Waals surface area contributed by atoms with Gasteiger partial charge < -0.3 is 19.2 Å². The Morgan fingerprint density at radius 2 is 2.05 bits per heavy atom. The molecule has 2 aromatic rings. The van der Waals surface area contributed by atoms with Gasteiger partial charge in [-0.3, -0.25) is 0 Å². The van der Waals surface area contributed by atoms with E-state index in [4.69, 9.17) is 14.2 Å². The molecular formula is C15H16N2O4. The van der Waals surface area contributed by atoms with Gasteiger partial charge in [0.15, 0.2) is 0 Å². The fraction of sp³-hybridized carbons (Fsp3) is 0.200. The zero-order chi connectivity index (χ0) is 15.2. The van der Waals surface area contributed by atoms with Gasteiger partial charge >= 0.3 is 5.97 Å². The van der Waals surface area contributed by atoms with E-state index < -0.39 is 5.97 Å². The average Bonchev–Trinajstić information content (AvgIpc) is 3.04. The maximum absolute atomic E-state index is 12.0. The molecule has 2 heterocycles. The van der Waals surface area contributed by atoms with E-state index in [0.717, 1.165) is 5.69 Å². The number of ether oxygens (including phenoxy) is 3. The number of pyridine rings is 1. The Morgan fingerprint density at radius 3 is 2.62 bits per heavy atom. The second kappa shape index (κ2) is 6.60. The van der Waals surface area contributed by atoms with Gasteiger partial charge in [-0.2, -0.15) is 0 Å². The van der Waals surface area contributed by atoms with E-state index in [-0.39, 0.29) is 5.56 Å². The first-order chi connectivity index (χ1) is 10.2. The highest BCUT2D eigenvalue weighted by Gasteiger charge is 2.20. The Labute approximate surface area is 122 Å². The molecule has 0 atom stereocenters. The predicted octanol–water partition coefficient (Wildman–Crippen LogP) is 2.38. The van der Waals surface area contributed by atoms with E-state index >= 15 is 0 Å². The van der Waals surface area contributed by atoms with Crippen LogP contribution >= 0.6 is 0 Å². The van der Waals surface area contributed by atoms with Crippen LogP contribution in [0.5, 0.6) is 11.6 Å². The number of hydrogen-bond donors (Lipinski definition) is 1. The molecule has 0 spiro atoms. The van der Waals surface area contributed by atoms with Crippen molar-refractivity contribution in [3.63, 3.8) is 0 Å². The first-order valence-corrected chi connectivity index (χ1v) is 6.22. The lowest BCUT2D eigenvalue weighted by molar-refractivity contribution is 0.0596. The van der Waals surface area contributed by atoms with Crippen molar-refractivity contribution in [3.8, 4) is 11.6 Å². The summed E-state index contributed by atoms with van der Waals surface area (Å²) in [5, 5.41) is 0. The number of aromatic nitrogens is 2. The molecule has 0 aromatic carbocycles. The van der Waals surface area contributed by atoms with E-state index in [9.17, 15) is 4.79 Å². The summed E-state index contributed by atoms with van der Waals surface area (Å²) in [6, 6.07) is 5.31. The minimum absolute atomic E-state index is 0.253. The highest BCUT2D eigenvalue weighted by atomic mass is 16.5. The molecule has 0 aliphatic carbocycles. The van der Waals surface area contributed by atoms with Gasteiger partial charge in [0.25, 0.3) is 0 Å². The van der Waals surface area contributed by atoms with Crippen molar-refractivity contribution in [3.05, 3.63) is 41.3 Å². The number of carbonyl (C=O) groups excluding carboxylic acids is 1. The number of nitrogens with one attached hydrogen (secondary N) is 1. The maximum atomic E-state index is 12.0. The third-order valence-corrected chi connectivity index (χ3v) is 2.85. The molecule has 110 valence electrons. The number of esters is 1. The molecule has 0 amide bonds. The monoisotopic (exact) mass is 288 g/mol. The second-order valence-electron chi connectivity index (χ2n) is 4.08. The molecule has 6 heteroatoms. The zero-order valence-corrected chi connectivity index (χ0v) is 12.0. The van der Waals surface area contributed by atoms with E-state index in [1.165, 1.54) is 27.4 Å². The van der Waals surface area contributed by atoms with Crippen LogP contribution in [0.3, 0.4) is 0 Å². The van der Waals surface area contributed by atoms with Gasteiger partial charge in [0, 0.05) is 18.0 Å². The molecule has 0 saturated heterocycles. The predicted molar refractivity (Wildman–Crippen MR) is 78.4 cm³/mol. The Bertz CT molecular complexity index is 648. The number of hydrogen-bond acceptors (Lipinski definition) is 5. The third kappa shape index (κ3) is 3.22. The third-order valence-electron chi connectivity index (χ3n) is 2.85. The Hall–Kier alpha value is -2.76. The number of aromatic amines is 1. The number of H-pyrrole nitrogens is 1. The van der Waals surface area contributed by atoms with E-state index in [1.807, 2.05) is 12.1 Å². The molecule has 2 rings (SSSR count). The lowest BCUT2D eigenvalue weighted by Crippen LogP contribution is -2.09. The highest BCUT2D eigenvalue weighted by Crippen LogP contribution is 2.27. The molecule has 0 unspecified atom stereocenters.